The number of ether oxygens (including phenoxy) is 2. The number of aromatic nitrogens is 3. The number of hydrogen-bond donors (Lipinski definition) is 1. The number of unbranched alkanes of at least 4 members (excludes halogenated alkanes) is 1. The molecule has 0 amide bonds. The number of carbonyl (C=O) groups excluding carboxylic acids is 1. The van der Waals surface area contributed by atoms with Crippen LogP contribution < -0.4 is 10.1 Å². The molecule has 3 aromatic rings. The zero-order chi connectivity index (χ0) is 25.7. The molecular formula is C26H28Cl2N4O3S. The number of allylic oxidation sites excluding steroid dienone is 1. The Morgan fingerprint density at radius 2 is 2.03 bits per heavy atom. The van der Waals surface area contributed by atoms with Crippen LogP contribution in [0.25, 0.3) is 0 Å². The molecular weight excluding hydrogens is 519 g/mol. The summed E-state index contributed by atoms with van der Waals surface area (Å²) in [6.45, 7) is 6.34. The average Bonchev–Trinajstić information content (AvgIpc) is 3.25. The van der Waals surface area contributed by atoms with Crippen LogP contribution in [0.4, 0.5) is 5.95 Å². The van der Waals surface area contributed by atoms with E-state index in [1.165, 1.54) is 0 Å². The third-order valence-corrected chi connectivity index (χ3v) is 7.15. The van der Waals surface area contributed by atoms with Crippen molar-refractivity contribution in [2.45, 2.75) is 51.4 Å². The van der Waals surface area contributed by atoms with Crippen molar-refractivity contribution < 1.29 is 14.3 Å². The molecule has 7 nitrogen and oxygen atoms in total. The number of fused-ring (bicyclic) bond motifs is 1. The second-order valence-electron chi connectivity index (χ2n) is 8.25. The highest BCUT2D eigenvalue weighted by atomic mass is 35.5. The SMILES string of the molecule is CCCCSc1nc2n(n1)C(c1cccc(OCc3ccc(Cl)cc3Cl)c1)C(C(=O)OCC)=C(C)N2. The van der Waals surface area contributed by atoms with Gasteiger partial charge in [-0.2, -0.15) is 4.98 Å². The number of nitrogens with zero attached hydrogens (tertiary/aromatic N) is 3. The highest BCUT2D eigenvalue weighted by Crippen LogP contribution is 2.38. The smallest absolute Gasteiger partial charge is 0.338 e. The van der Waals surface area contributed by atoms with Crippen LogP contribution in [-0.4, -0.2) is 33.1 Å². The van der Waals surface area contributed by atoms with Gasteiger partial charge in [0.25, 0.3) is 0 Å². The lowest BCUT2D eigenvalue weighted by molar-refractivity contribution is -0.139. The third kappa shape index (κ3) is 5.99. The van der Waals surface area contributed by atoms with Crippen molar-refractivity contribution in [3.8, 4) is 5.75 Å². The molecule has 10 heteroatoms. The number of esters is 1. The van der Waals surface area contributed by atoms with Crippen molar-refractivity contribution >= 4 is 46.9 Å². The predicted octanol–water partition coefficient (Wildman–Crippen LogP) is 6.91. The molecule has 190 valence electrons. The van der Waals surface area contributed by atoms with Crippen molar-refractivity contribution in [1.82, 2.24) is 14.8 Å². The van der Waals surface area contributed by atoms with Crippen LogP contribution in [-0.2, 0) is 16.1 Å². The van der Waals surface area contributed by atoms with Gasteiger partial charge >= 0.3 is 5.97 Å². The summed E-state index contributed by atoms with van der Waals surface area (Å²) in [5.74, 6) is 1.76. The van der Waals surface area contributed by atoms with Gasteiger partial charge in [0.15, 0.2) is 0 Å². The van der Waals surface area contributed by atoms with Crippen molar-refractivity contribution in [1.29, 1.82) is 0 Å². The zero-order valence-corrected chi connectivity index (χ0v) is 22.7. The van der Waals surface area contributed by atoms with Gasteiger partial charge in [-0.15, -0.1) is 5.10 Å². The average molecular weight is 548 g/mol. The molecule has 2 aromatic carbocycles. The van der Waals surface area contributed by atoms with Gasteiger partial charge in [-0.3, -0.25) is 0 Å². The molecule has 2 heterocycles. The van der Waals surface area contributed by atoms with Gasteiger partial charge in [0.1, 0.15) is 18.4 Å². The maximum atomic E-state index is 13.0. The summed E-state index contributed by atoms with van der Waals surface area (Å²) in [4.78, 5) is 17.7. The van der Waals surface area contributed by atoms with E-state index in [0.29, 0.717) is 38.2 Å². The van der Waals surface area contributed by atoms with Gasteiger partial charge < -0.3 is 14.8 Å². The van der Waals surface area contributed by atoms with Crippen LogP contribution in [0.15, 0.2) is 58.9 Å². The Labute approximate surface area is 225 Å². The standard InChI is InChI=1S/C26H28Cl2N4O3S/c1-4-6-12-36-26-30-25-29-16(3)22(24(33)34-5-2)23(32(25)31-26)17-8-7-9-20(13-17)35-15-18-10-11-19(27)14-21(18)28/h7-11,13-14,23H,4-6,12,15H2,1-3H3,(H,29,30,31). The minimum absolute atomic E-state index is 0.273. The molecule has 1 aromatic heterocycles. The Balaban J connectivity index is 1.66. The molecule has 0 saturated heterocycles. The molecule has 1 unspecified atom stereocenters. The van der Waals surface area contributed by atoms with E-state index in [2.05, 4.69) is 17.2 Å². The minimum atomic E-state index is -0.518. The van der Waals surface area contributed by atoms with Crippen LogP contribution in [0.2, 0.25) is 10.0 Å². The Morgan fingerprint density at radius 3 is 2.78 bits per heavy atom. The van der Waals surface area contributed by atoms with Gasteiger partial charge in [0.05, 0.1) is 12.2 Å². The molecule has 1 atom stereocenters. The topological polar surface area (TPSA) is 78.3 Å². The summed E-state index contributed by atoms with van der Waals surface area (Å²) < 4.78 is 13.2. The number of carbonyl (C=O) groups is 1. The highest BCUT2D eigenvalue weighted by Gasteiger charge is 2.35. The number of halogens is 2. The summed E-state index contributed by atoms with van der Waals surface area (Å²) in [5.41, 5.74) is 2.82. The fourth-order valence-electron chi connectivity index (χ4n) is 3.86. The van der Waals surface area contributed by atoms with E-state index < -0.39 is 12.0 Å². The summed E-state index contributed by atoms with van der Waals surface area (Å²) in [6.07, 6.45) is 2.18. The number of hydrogen-bond acceptors (Lipinski definition) is 7. The summed E-state index contributed by atoms with van der Waals surface area (Å²) in [6, 6.07) is 12.4. The first kappa shape index (κ1) is 26.4. The first-order chi connectivity index (χ1) is 17.4. The van der Waals surface area contributed by atoms with Gasteiger partial charge in [0, 0.05) is 27.1 Å². The molecule has 0 saturated carbocycles. The summed E-state index contributed by atoms with van der Waals surface area (Å²) in [5, 5.41) is 9.75. The van der Waals surface area contributed by atoms with Crippen LogP contribution in [0.5, 0.6) is 5.75 Å². The summed E-state index contributed by atoms with van der Waals surface area (Å²) >= 11 is 13.9. The van der Waals surface area contributed by atoms with Crippen LogP contribution >= 0.6 is 35.0 Å². The van der Waals surface area contributed by atoms with E-state index >= 15 is 0 Å². The zero-order valence-electron chi connectivity index (χ0n) is 20.4. The first-order valence-electron chi connectivity index (χ1n) is 11.8. The number of anilines is 1. The molecule has 1 aliphatic heterocycles. The maximum absolute atomic E-state index is 13.0. The highest BCUT2D eigenvalue weighted by molar-refractivity contribution is 7.99. The van der Waals surface area contributed by atoms with Gasteiger partial charge in [0.2, 0.25) is 11.1 Å². The Hall–Kier alpha value is -2.68. The van der Waals surface area contributed by atoms with E-state index in [-0.39, 0.29) is 13.2 Å². The van der Waals surface area contributed by atoms with E-state index in [0.717, 1.165) is 29.7 Å². The first-order valence-corrected chi connectivity index (χ1v) is 13.6. The fourth-order valence-corrected chi connectivity index (χ4v) is 5.23. The lowest BCUT2D eigenvalue weighted by atomic mass is 9.95. The van der Waals surface area contributed by atoms with E-state index in [1.54, 1.807) is 35.5 Å². The largest absolute Gasteiger partial charge is 0.489 e. The van der Waals surface area contributed by atoms with Gasteiger partial charge in [-0.1, -0.05) is 66.5 Å². The third-order valence-electron chi connectivity index (χ3n) is 5.64. The molecule has 0 aliphatic carbocycles. The van der Waals surface area contributed by atoms with E-state index in [9.17, 15) is 4.79 Å². The number of rotatable bonds is 10. The molecule has 1 N–H and O–H groups in total. The predicted molar refractivity (Wildman–Crippen MR) is 144 cm³/mol. The van der Waals surface area contributed by atoms with Crippen molar-refractivity contribution in [3.05, 3.63) is 74.9 Å². The van der Waals surface area contributed by atoms with E-state index in [1.807, 2.05) is 37.3 Å². The molecule has 0 bridgehead atoms. The van der Waals surface area contributed by atoms with Crippen LogP contribution in [0.3, 0.4) is 0 Å². The minimum Gasteiger partial charge on any atom is -0.489 e. The lowest BCUT2D eigenvalue weighted by Crippen LogP contribution is -2.29. The molecule has 0 spiro atoms. The van der Waals surface area contributed by atoms with Crippen molar-refractivity contribution in [2.75, 3.05) is 17.7 Å². The Morgan fingerprint density at radius 1 is 1.19 bits per heavy atom. The number of thioether (sulfide) groups is 1. The normalized spacial score (nSPS) is 14.9. The van der Waals surface area contributed by atoms with E-state index in [4.69, 9.17) is 37.8 Å². The Bertz CT molecular complexity index is 1280. The molecule has 4 rings (SSSR count). The molecule has 1 aliphatic rings. The maximum Gasteiger partial charge on any atom is 0.338 e. The second-order valence-corrected chi connectivity index (χ2v) is 10.2. The van der Waals surface area contributed by atoms with Crippen molar-refractivity contribution in [2.24, 2.45) is 0 Å². The van der Waals surface area contributed by atoms with Crippen LogP contribution in [0.1, 0.15) is 50.8 Å². The molecule has 0 radical (unpaired) electrons. The Kier molecular flexibility index (Phi) is 8.82. The number of benzene rings is 2. The lowest BCUT2D eigenvalue weighted by Gasteiger charge is -2.28. The molecule has 0 fully saturated rings. The quantitative estimate of drug-likeness (QED) is 0.168. The second kappa shape index (κ2) is 12.0. The molecule has 36 heavy (non-hydrogen) atoms. The van der Waals surface area contributed by atoms with Gasteiger partial charge in [-0.25, -0.2) is 9.48 Å². The van der Waals surface area contributed by atoms with Crippen LogP contribution in [0, 0.1) is 0 Å². The van der Waals surface area contributed by atoms with Crippen molar-refractivity contribution in [3.63, 3.8) is 0 Å². The monoisotopic (exact) mass is 546 g/mol. The van der Waals surface area contributed by atoms with Gasteiger partial charge in [-0.05, 0) is 50.1 Å². The summed E-state index contributed by atoms with van der Waals surface area (Å²) in [7, 11) is 0. The number of nitrogens with one attached hydrogen (secondary N) is 1. The fraction of sp³-hybridized carbons (Fsp3) is 0.346.